The van der Waals surface area contributed by atoms with E-state index in [1.165, 1.54) is 0 Å². The molecular weight excluding hydrogens is 242 g/mol. The highest BCUT2D eigenvalue weighted by atomic mass is 16.5. The van der Waals surface area contributed by atoms with Crippen molar-refractivity contribution in [2.75, 3.05) is 24.7 Å². The van der Waals surface area contributed by atoms with Crippen LogP contribution in [0.25, 0.3) is 11.4 Å². The second-order valence-electron chi connectivity index (χ2n) is 3.52. The number of nitrogen functional groups attached to an aromatic ring is 2. The average Bonchev–Trinajstić information content (AvgIpc) is 2.40. The first-order valence-electron chi connectivity index (χ1n) is 6.07. The molecule has 0 spiro atoms. The molecule has 6 heteroatoms. The van der Waals surface area contributed by atoms with Gasteiger partial charge >= 0.3 is 0 Å². The van der Waals surface area contributed by atoms with E-state index in [2.05, 4.69) is 15.0 Å². The molecule has 1 aromatic carbocycles. The molecule has 0 fully saturated rings. The zero-order chi connectivity index (χ0) is 14.1. The van der Waals surface area contributed by atoms with Crippen LogP contribution in [0, 0.1) is 0 Å². The standard InChI is InChI=1S/C9H9N5.C4H10O/c10-8-12-7(13-9(11)14-8)6-4-2-1-3-5-6;1-3-5-4-2/h1-5H,(H4,10,11,12,13,14);3-4H2,1-2H3. The fourth-order valence-corrected chi connectivity index (χ4v) is 1.33. The van der Waals surface area contributed by atoms with Crippen molar-refractivity contribution in [3.8, 4) is 11.4 Å². The smallest absolute Gasteiger partial charge is 0.225 e. The third-order valence-corrected chi connectivity index (χ3v) is 2.11. The number of benzene rings is 1. The summed E-state index contributed by atoms with van der Waals surface area (Å²) in [4.78, 5) is 11.7. The van der Waals surface area contributed by atoms with Crippen molar-refractivity contribution in [2.24, 2.45) is 0 Å². The monoisotopic (exact) mass is 261 g/mol. The van der Waals surface area contributed by atoms with E-state index in [1.807, 2.05) is 44.2 Å². The molecule has 0 aliphatic heterocycles. The number of nitrogens with zero attached hydrogens (tertiary/aromatic N) is 3. The molecule has 1 aromatic heterocycles. The molecule has 0 saturated heterocycles. The Labute approximate surface area is 112 Å². The predicted molar refractivity (Wildman–Crippen MR) is 76.3 cm³/mol. The number of hydrogen-bond acceptors (Lipinski definition) is 6. The second kappa shape index (κ2) is 7.99. The highest BCUT2D eigenvalue weighted by Crippen LogP contribution is 2.14. The molecule has 0 bridgehead atoms. The zero-order valence-corrected chi connectivity index (χ0v) is 11.2. The van der Waals surface area contributed by atoms with E-state index in [0.717, 1.165) is 18.8 Å². The molecule has 102 valence electrons. The second-order valence-corrected chi connectivity index (χ2v) is 3.52. The maximum absolute atomic E-state index is 5.45. The third kappa shape index (κ3) is 5.31. The fraction of sp³-hybridized carbons (Fsp3) is 0.308. The van der Waals surface area contributed by atoms with Crippen LogP contribution in [0.4, 0.5) is 11.9 Å². The highest BCUT2D eigenvalue weighted by Gasteiger charge is 2.03. The van der Waals surface area contributed by atoms with E-state index in [0.29, 0.717) is 5.82 Å². The SMILES string of the molecule is CCOCC.Nc1nc(N)nc(-c2ccccc2)n1. The average molecular weight is 261 g/mol. The molecule has 2 rings (SSSR count). The van der Waals surface area contributed by atoms with E-state index in [1.54, 1.807) is 0 Å². The van der Waals surface area contributed by atoms with Crippen LogP contribution < -0.4 is 11.5 Å². The zero-order valence-electron chi connectivity index (χ0n) is 11.2. The van der Waals surface area contributed by atoms with Gasteiger partial charge in [0.15, 0.2) is 5.82 Å². The summed E-state index contributed by atoms with van der Waals surface area (Å²) in [6.07, 6.45) is 0. The van der Waals surface area contributed by atoms with Gasteiger partial charge < -0.3 is 16.2 Å². The lowest BCUT2D eigenvalue weighted by molar-refractivity contribution is 0.162. The first kappa shape index (κ1) is 14.8. The molecule has 0 atom stereocenters. The van der Waals surface area contributed by atoms with Gasteiger partial charge in [0.2, 0.25) is 11.9 Å². The summed E-state index contributed by atoms with van der Waals surface area (Å²) >= 11 is 0. The maximum Gasteiger partial charge on any atom is 0.225 e. The number of anilines is 2. The van der Waals surface area contributed by atoms with Crippen LogP contribution in [0.2, 0.25) is 0 Å². The topological polar surface area (TPSA) is 99.9 Å². The molecule has 0 saturated carbocycles. The van der Waals surface area contributed by atoms with Gasteiger partial charge in [-0.25, -0.2) is 0 Å². The van der Waals surface area contributed by atoms with Gasteiger partial charge in [0.1, 0.15) is 0 Å². The summed E-state index contributed by atoms with van der Waals surface area (Å²) in [6, 6.07) is 9.47. The molecular formula is C13H19N5O. The van der Waals surface area contributed by atoms with Gasteiger partial charge in [-0.3, -0.25) is 0 Å². The summed E-state index contributed by atoms with van der Waals surface area (Å²) in [7, 11) is 0. The molecule has 6 nitrogen and oxygen atoms in total. The van der Waals surface area contributed by atoms with E-state index in [4.69, 9.17) is 16.2 Å². The van der Waals surface area contributed by atoms with Crippen molar-refractivity contribution in [2.45, 2.75) is 13.8 Å². The van der Waals surface area contributed by atoms with Gasteiger partial charge in [0.25, 0.3) is 0 Å². The Morgan fingerprint density at radius 3 is 1.84 bits per heavy atom. The molecule has 0 aliphatic rings. The summed E-state index contributed by atoms with van der Waals surface area (Å²) in [5.74, 6) is 0.767. The van der Waals surface area contributed by atoms with Crippen LogP contribution in [-0.4, -0.2) is 28.2 Å². The van der Waals surface area contributed by atoms with Crippen LogP contribution in [0.1, 0.15) is 13.8 Å². The lowest BCUT2D eigenvalue weighted by Gasteiger charge is -2.00. The lowest BCUT2D eigenvalue weighted by Crippen LogP contribution is -2.04. The molecule has 1 heterocycles. The first-order valence-corrected chi connectivity index (χ1v) is 6.07. The van der Waals surface area contributed by atoms with Crippen LogP contribution in [-0.2, 0) is 4.74 Å². The molecule has 0 unspecified atom stereocenters. The van der Waals surface area contributed by atoms with E-state index in [9.17, 15) is 0 Å². The summed E-state index contributed by atoms with van der Waals surface area (Å²) < 4.78 is 4.83. The molecule has 0 amide bonds. The summed E-state index contributed by atoms with van der Waals surface area (Å²) in [6.45, 7) is 5.67. The maximum atomic E-state index is 5.45. The summed E-state index contributed by atoms with van der Waals surface area (Å²) in [5, 5.41) is 0. The number of ether oxygens (including phenoxy) is 1. The lowest BCUT2D eigenvalue weighted by atomic mass is 10.2. The van der Waals surface area contributed by atoms with Crippen LogP contribution in [0.5, 0.6) is 0 Å². The van der Waals surface area contributed by atoms with Gasteiger partial charge in [-0.05, 0) is 13.8 Å². The Morgan fingerprint density at radius 1 is 0.895 bits per heavy atom. The van der Waals surface area contributed by atoms with Crippen molar-refractivity contribution in [3.05, 3.63) is 30.3 Å². The molecule has 2 aromatic rings. The van der Waals surface area contributed by atoms with Crippen molar-refractivity contribution in [1.82, 2.24) is 15.0 Å². The van der Waals surface area contributed by atoms with Crippen molar-refractivity contribution in [3.63, 3.8) is 0 Å². The van der Waals surface area contributed by atoms with Gasteiger partial charge in [0.05, 0.1) is 0 Å². The Kier molecular flexibility index (Phi) is 6.25. The molecule has 4 N–H and O–H groups in total. The Morgan fingerprint density at radius 2 is 1.42 bits per heavy atom. The van der Waals surface area contributed by atoms with Crippen molar-refractivity contribution < 1.29 is 4.74 Å². The van der Waals surface area contributed by atoms with Gasteiger partial charge in [-0.2, -0.15) is 15.0 Å². The van der Waals surface area contributed by atoms with Crippen LogP contribution in [0.3, 0.4) is 0 Å². The Balaban J connectivity index is 0.000000312. The van der Waals surface area contributed by atoms with Gasteiger partial charge in [-0.15, -0.1) is 0 Å². The third-order valence-electron chi connectivity index (χ3n) is 2.11. The van der Waals surface area contributed by atoms with Crippen LogP contribution >= 0.6 is 0 Å². The normalized spacial score (nSPS) is 9.58. The molecule has 0 aliphatic carbocycles. The number of rotatable bonds is 3. The highest BCUT2D eigenvalue weighted by molar-refractivity contribution is 5.56. The number of aromatic nitrogens is 3. The minimum absolute atomic E-state index is 0.136. The number of hydrogen-bond donors (Lipinski definition) is 2. The van der Waals surface area contributed by atoms with Crippen molar-refractivity contribution in [1.29, 1.82) is 0 Å². The van der Waals surface area contributed by atoms with E-state index < -0.39 is 0 Å². The molecule has 19 heavy (non-hydrogen) atoms. The Bertz CT molecular complexity index is 467. The Hall–Kier alpha value is -2.21. The predicted octanol–water partition coefficient (Wildman–Crippen LogP) is 1.75. The molecule has 0 radical (unpaired) electrons. The fourth-order valence-electron chi connectivity index (χ4n) is 1.33. The van der Waals surface area contributed by atoms with Crippen molar-refractivity contribution >= 4 is 11.9 Å². The summed E-state index contributed by atoms with van der Waals surface area (Å²) in [5.41, 5.74) is 11.8. The largest absolute Gasteiger partial charge is 0.382 e. The minimum Gasteiger partial charge on any atom is -0.382 e. The van der Waals surface area contributed by atoms with Gasteiger partial charge in [-0.1, -0.05) is 30.3 Å². The van der Waals surface area contributed by atoms with E-state index in [-0.39, 0.29) is 11.9 Å². The van der Waals surface area contributed by atoms with Crippen LogP contribution in [0.15, 0.2) is 30.3 Å². The number of nitrogens with two attached hydrogens (primary N) is 2. The minimum atomic E-state index is 0.136. The quantitative estimate of drug-likeness (QED) is 0.873. The first-order chi connectivity index (χ1) is 9.17. The van der Waals surface area contributed by atoms with Gasteiger partial charge in [0, 0.05) is 18.8 Å². The van der Waals surface area contributed by atoms with E-state index >= 15 is 0 Å².